The van der Waals surface area contributed by atoms with E-state index in [2.05, 4.69) is 12.2 Å². The van der Waals surface area contributed by atoms with E-state index in [0.717, 1.165) is 35.4 Å². The summed E-state index contributed by atoms with van der Waals surface area (Å²) in [5.41, 5.74) is 4.00. The Hall–Kier alpha value is -2.55. The van der Waals surface area contributed by atoms with E-state index in [4.69, 9.17) is 4.74 Å². The molecule has 0 saturated carbocycles. The highest BCUT2D eigenvalue weighted by Gasteiger charge is 2.03. The molecule has 2 aromatic rings. The molecule has 0 aliphatic carbocycles. The van der Waals surface area contributed by atoms with Gasteiger partial charge in [-0.25, -0.2) is 0 Å². The van der Waals surface area contributed by atoms with E-state index in [1.165, 1.54) is 0 Å². The van der Waals surface area contributed by atoms with Crippen molar-refractivity contribution in [3.05, 3.63) is 71.4 Å². The molecule has 0 aliphatic rings. The SMILES string of the molecule is CCCCOc1ccc(C(=O)C=CNc2c(C)cccc2C)cc1. The molecule has 0 heterocycles. The average molecular weight is 323 g/mol. The van der Waals surface area contributed by atoms with Gasteiger partial charge in [0.1, 0.15) is 5.75 Å². The van der Waals surface area contributed by atoms with Crippen LogP contribution in [-0.2, 0) is 0 Å². The lowest BCUT2D eigenvalue weighted by Gasteiger charge is -2.08. The Balaban J connectivity index is 1.94. The summed E-state index contributed by atoms with van der Waals surface area (Å²) < 4.78 is 5.60. The van der Waals surface area contributed by atoms with Crippen molar-refractivity contribution in [1.82, 2.24) is 0 Å². The lowest BCUT2D eigenvalue weighted by Crippen LogP contribution is -1.99. The predicted molar refractivity (Wildman–Crippen MR) is 99.9 cm³/mol. The number of hydrogen-bond acceptors (Lipinski definition) is 3. The number of para-hydroxylation sites is 1. The summed E-state index contributed by atoms with van der Waals surface area (Å²) in [6, 6.07) is 13.4. The van der Waals surface area contributed by atoms with E-state index in [9.17, 15) is 4.79 Å². The third-order valence-corrected chi connectivity index (χ3v) is 3.85. The molecule has 1 N–H and O–H groups in total. The Morgan fingerprint density at radius 1 is 1.08 bits per heavy atom. The van der Waals surface area contributed by atoms with Crippen molar-refractivity contribution < 1.29 is 9.53 Å². The number of benzene rings is 2. The Labute approximate surface area is 144 Å². The number of rotatable bonds is 8. The maximum atomic E-state index is 12.2. The summed E-state index contributed by atoms with van der Waals surface area (Å²) >= 11 is 0. The second kappa shape index (κ2) is 8.92. The van der Waals surface area contributed by atoms with E-state index in [1.807, 2.05) is 44.2 Å². The van der Waals surface area contributed by atoms with Gasteiger partial charge in [0.15, 0.2) is 5.78 Å². The van der Waals surface area contributed by atoms with Crippen LogP contribution in [-0.4, -0.2) is 12.4 Å². The molecule has 0 fully saturated rings. The molecule has 0 unspecified atom stereocenters. The molecule has 0 aromatic heterocycles. The van der Waals surface area contributed by atoms with Gasteiger partial charge in [-0.05, 0) is 55.7 Å². The first kappa shape index (κ1) is 17.8. The zero-order chi connectivity index (χ0) is 17.4. The summed E-state index contributed by atoms with van der Waals surface area (Å²) in [5.74, 6) is 0.770. The number of carbonyl (C=O) groups excluding carboxylic acids is 1. The van der Waals surface area contributed by atoms with Gasteiger partial charge in [-0.1, -0.05) is 31.5 Å². The summed E-state index contributed by atoms with van der Waals surface area (Å²) in [6.07, 6.45) is 5.39. The third kappa shape index (κ3) is 4.98. The van der Waals surface area contributed by atoms with Crippen LogP contribution in [0.5, 0.6) is 5.75 Å². The van der Waals surface area contributed by atoms with E-state index in [-0.39, 0.29) is 5.78 Å². The molecule has 24 heavy (non-hydrogen) atoms. The molecule has 0 saturated heterocycles. The number of hydrogen-bond donors (Lipinski definition) is 1. The van der Waals surface area contributed by atoms with Gasteiger partial charge < -0.3 is 10.1 Å². The van der Waals surface area contributed by atoms with Crippen LogP contribution in [0.2, 0.25) is 0 Å². The molecule has 0 spiro atoms. The highest BCUT2D eigenvalue weighted by molar-refractivity contribution is 6.04. The molecule has 0 bridgehead atoms. The van der Waals surface area contributed by atoms with Gasteiger partial charge in [-0.15, -0.1) is 0 Å². The number of aryl methyl sites for hydroxylation is 2. The molecule has 0 atom stereocenters. The maximum Gasteiger partial charge on any atom is 0.187 e. The summed E-state index contributed by atoms with van der Waals surface area (Å²) in [4.78, 5) is 12.2. The topological polar surface area (TPSA) is 38.3 Å². The molecule has 3 heteroatoms. The first-order valence-corrected chi connectivity index (χ1v) is 8.38. The highest BCUT2D eigenvalue weighted by atomic mass is 16.5. The van der Waals surface area contributed by atoms with Crippen LogP contribution in [0.15, 0.2) is 54.7 Å². The number of carbonyl (C=O) groups is 1. The Morgan fingerprint density at radius 2 is 1.75 bits per heavy atom. The molecule has 0 amide bonds. The molecule has 126 valence electrons. The van der Waals surface area contributed by atoms with Gasteiger partial charge in [0.05, 0.1) is 6.61 Å². The first-order valence-electron chi connectivity index (χ1n) is 8.38. The number of ketones is 1. The van der Waals surface area contributed by atoms with Gasteiger partial charge in [-0.2, -0.15) is 0 Å². The van der Waals surface area contributed by atoms with Gasteiger partial charge in [0.2, 0.25) is 0 Å². The highest BCUT2D eigenvalue weighted by Crippen LogP contribution is 2.19. The van der Waals surface area contributed by atoms with Crippen molar-refractivity contribution in [2.45, 2.75) is 33.6 Å². The van der Waals surface area contributed by atoms with Crippen LogP contribution < -0.4 is 10.1 Å². The lowest BCUT2D eigenvalue weighted by atomic mass is 10.1. The zero-order valence-corrected chi connectivity index (χ0v) is 14.6. The zero-order valence-electron chi connectivity index (χ0n) is 14.6. The Morgan fingerprint density at radius 3 is 2.38 bits per heavy atom. The lowest BCUT2D eigenvalue weighted by molar-refractivity contribution is 0.104. The second-order valence-electron chi connectivity index (χ2n) is 5.84. The van der Waals surface area contributed by atoms with Gasteiger partial charge in [-0.3, -0.25) is 4.79 Å². The summed E-state index contributed by atoms with van der Waals surface area (Å²) in [6.45, 7) is 6.93. The van der Waals surface area contributed by atoms with Crippen molar-refractivity contribution >= 4 is 11.5 Å². The van der Waals surface area contributed by atoms with Crippen LogP contribution in [0.3, 0.4) is 0 Å². The Kier molecular flexibility index (Phi) is 6.62. The van der Waals surface area contributed by atoms with Crippen molar-refractivity contribution in [3.8, 4) is 5.75 Å². The van der Waals surface area contributed by atoms with Crippen molar-refractivity contribution in [3.63, 3.8) is 0 Å². The van der Waals surface area contributed by atoms with Crippen molar-refractivity contribution in [1.29, 1.82) is 0 Å². The van der Waals surface area contributed by atoms with Crippen LogP contribution >= 0.6 is 0 Å². The number of nitrogens with one attached hydrogen (secondary N) is 1. The largest absolute Gasteiger partial charge is 0.494 e. The third-order valence-electron chi connectivity index (χ3n) is 3.85. The minimum absolute atomic E-state index is 0.0335. The van der Waals surface area contributed by atoms with Gasteiger partial charge in [0.25, 0.3) is 0 Å². The fraction of sp³-hybridized carbons (Fsp3) is 0.286. The second-order valence-corrected chi connectivity index (χ2v) is 5.84. The fourth-order valence-electron chi connectivity index (χ4n) is 2.39. The molecular formula is C21H25NO2. The van der Waals surface area contributed by atoms with Gasteiger partial charge >= 0.3 is 0 Å². The van der Waals surface area contributed by atoms with E-state index < -0.39 is 0 Å². The van der Waals surface area contributed by atoms with Crippen molar-refractivity contribution in [2.75, 3.05) is 11.9 Å². The van der Waals surface area contributed by atoms with Crippen LogP contribution in [0.25, 0.3) is 0 Å². The molecule has 0 aliphatic heterocycles. The number of anilines is 1. The van der Waals surface area contributed by atoms with Crippen LogP contribution in [0.1, 0.15) is 41.3 Å². The van der Waals surface area contributed by atoms with E-state index >= 15 is 0 Å². The van der Waals surface area contributed by atoms with Crippen LogP contribution in [0.4, 0.5) is 5.69 Å². The smallest absolute Gasteiger partial charge is 0.187 e. The quantitative estimate of drug-likeness (QED) is 0.407. The Bertz CT molecular complexity index is 682. The first-order chi connectivity index (χ1) is 11.6. The van der Waals surface area contributed by atoms with E-state index in [1.54, 1.807) is 24.4 Å². The predicted octanol–water partition coefficient (Wildman–Crippen LogP) is 5.29. The molecule has 0 radical (unpaired) electrons. The normalized spacial score (nSPS) is 10.8. The maximum absolute atomic E-state index is 12.2. The fourth-order valence-corrected chi connectivity index (χ4v) is 2.39. The molecular weight excluding hydrogens is 298 g/mol. The number of allylic oxidation sites excluding steroid dienone is 1. The molecule has 3 nitrogen and oxygen atoms in total. The van der Waals surface area contributed by atoms with E-state index in [0.29, 0.717) is 12.2 Å². The minimum Gasteiger partial charge on any atom is -0.494 e. The number of unbranched alkanes of at least 4 members (excludes halogenated alkanes) is 1. The standard InChI is InChI=1S/C21H25NO2/c1-4-5-15-24-19-11-9-18(10-12-19)20(23)13-14-22-21-16(2)7-6-8-17(21)3/h6-14,22H,4-5,15H2,1-3H3. The average Bonchev–Trinajstić information content (AvgIpc) is 2.58. The molecule has 2 rings (SSSR count). The van der Waals surface area contributed by atoms with Gasteiger partial charge in [0, 0.05) is 23.5 Å². The summed E-state index contributed by atoms with van der Waals surface area (Å²) in [7, 11) is 0. The molecule has 2 aromatic carbocycles. The number of ether oxygens (including phenoxy) is 1. The minimum atomic E-state index is -0.0335. The monoisotopic (exact) mass is 323 g/mol. The van der Waals surface area contributed by atoms with Crippen LogP contribution in [0, 0.1) is 13.8 Å². The summed E-state index contributed by atoms with van der Waals surface area (Å²) in [5, 5.41) is 3.20. The van der Waals surface area contributed by atoms with Crippen molar-refractivity contribution in [2.24, 2.45) is 0 Å².